The second-order valence-corrected chi connectivity index (χ2v) is 6.35. The minimum atomic E-state index is -0.269. The molecule has 0 radical (unpaired) electrons. The smallest absolute Gasteiger partial charge is 0.273 e. The van der Waals surface area contributed by atoms with Crippen molar-refractivity contribution < 1.29 is 14.4 Å². The molecule has 0 fully saturated rings. The Morgan fingerprint density at radius 2 is 1.88 bits per heavy atom. The summed E-state index contributed by atoms with van der Waals surface area (Å²) in [4.78, 5) is 17.2. The summed E-state index contributed by atoms with van der Waals surface area (Å²) in [6.07, 6.45) is 0.719. The topological polar surface area (TPSA) is 59.9 Å². The first-order valence-corrected chi connectivity index (χ1v) is 8.63. The molecule has 0 saturated heterocycles. The summed E-state index contributed by atoms with van der Waals surface area (Å²) in [5.74, 6) is 0.590. The summed E-state index contributed by atoms with van der Waals surface area (Å²) >= 11 is 3.37. The van der Waals surface area contributed by atoms with Gasteiger partial charge in [-0.2, -0.15) is 0 Å². The number of halogens is 1. The minimum absolute atomic E-state index is 0.251. The molecule has 0 aliphatic rings. The third-order valence-corrected chi connectivity index (χ3v) is 4.20. The van der Waals surface area contributed by atoms with Crippen LogP contribution in [0, 0.1) is 6.92 Å². The number of nitrogens with one attached hydrogen (secondary N) is 1. The van der Waals surface area contributed by atoms with Gasteiger partial charge in [0, 0.05) is 16.6 Å². The van der Waals surface area contributed by atoms with Gasteiger partial charge in [0.15, 0.2) is 5.71 Å². The van der Waals surface area contributed by atoms with Gasteiger partial charge in [-0.1, -0.05) is 45.4 Å². The van der Waals surface area contributed by atoms with Gasteiger partial charge < -0.3 is 14.9 Å². The van der Waals surface area contributed by atoms with E-state index in [1.165, 1.54) is 7.11 Å². The Kier molecular flexibility index (Phi) is 7.01. The van der Waals surface area contributed by atoms with Crippen LogP contribution >= 0.6 is 15.9 Å². The third-order valence-electron chi connectivity index (χ3n) is 3.67. The molecule has 1 amide bonds. The van der Waals surface area contributed by atoms with Gasteiger partial charge in [-0.3, -0.25) is 4.79 Å². The fourth-order valence-electron chi connectivity index (χ4n) is 2.42. The Balaban J connectivity index is 1.98. The van der Waals surface area contributed by atoms with Gasteiger partial charge in [-0.15, -0.1) is 0 Å². The number of methoxy groups -OCH3 is 1. The Labute approximate surface area is 156 Å². The molecule has 132 valence electrons. The molecule has 0 spiro atoms. The first kappa shape index (κ1) is 19.0. The molecular formula is C19H21BrN2O3. The van der Waals surface area contributed by atoms with E-state index in [1.807, 2.05) is 43.3 Å². The van der Waals surface area contributed by atoms with Crippen LogP contribution in [0.4, 0.5) is 0 Å². The number of carbonyl (C=O) groups is 1. The van der Waals surface area contributed by atoms with E-state index in [9.17, 15) is 4.79 Å². The van der Waals surface area contributed by atoms with Crippen molar-refractivity contribution in [2.24, 2.45) is 5.16 Å². The molecule has 1 N–H and O–H groups in total. The summed E-state index contributed by atoms with van der Waals surface area (Å²) < 4.78 is 6.19. The average Bonchev–Trinajstić information content (AvgIpc) is 2.60. The van der Waals surface area contributed by atoms with Crippen LogP contribution in [-0.2, 0) is 16.1 Å². The largest absolute Gasteiger partial charge is 0.496 e. The molecule has 0 atom stereocenters. The summed E-state index contributed by atoms with van der Waals surface area (Å²) in [6, 6.07) is 13.3. The number of hydrogen-bond donors (Lipinski definition) is 1. The van der Waals surface area contributed by atoms with E-state index in [2.05, 4.69) is 32.5 Å². The first-order chi connectivity index (χ1) is 12.0. The van der Waals surface area contributed by atoms with Crippen LogP contribution in [0.25, 0.3) is 0 Å². The van der Waals surface area contributed by atoms with Gasteiger partial charge >= 0.3 is 0 Å². The van der Waals surface area contributed by atoms with E-state index in [0.717, 1.165) is 27.8 Å². The van der Waals surface area contributed by atoms with Gasteiger partial charge in [-0.05, 0) is 42.7 Å². The Hall–Kier alpha value is -2.34. The first-order valence-electron chi connectivity index (χ1n) is 7.84. The Morgan fingerprint density at radius 3 is 2.48 bits per heavy atom. The normalized spacial score (nSPS) is 11.1. The predicted octanol–water partition coefficient (Wildman–Crippen LogP) is 3.48. The molecule has 0 unspecified atom stereocenters. The summed E-state index contributed by atoms with van der Waals surface area (Å²) in [5, 5.41) is 6.74. The lowest BCUT2D eigenvalue weighted by atomic mass is 10.1. The van der Waals surface area contributed by atoms with Crippen LogP contribution in [0.1, 0.15) is 16.7 Å². The molecule has 25 heavy (non-hydrogen) atoms. The molecule has 6 heteroatoms. The van der Waals surface area contributed by atoms with Crippen LogP contribution in [0.5, 0.6) is 5.75 Å². The van der Waals surface area contributed by atoms with E-state index >= 15 is 0 Å². The molecule has 0 bridgehead atoms. The fraction of sp³-hybridized carbons (Fsp3) is 0.263. The van der Waals surface area contributed by atoms with Crippen molar-refractivity contribution in [3.05, 3.63) is 63.6 Å². The summed E-state index contributed by atoms with van der Waals surface area (Å²) in [6.45, 7) is 2.50. The standard InChI is InChI=1S/C19H21BrN2O3/c1-13-12-14(4-9-17(13)24-2)10-11-21-19(23)18(22-25-3)15-5-7-16(20)8-6-15/h4-9,12H,10-11H2,1-3H3,(H,21,23)/b22-18-. The lowest BCUT2D eigenvalue weighted by molar-refractivity contribution is -0.114. The van der Waals surface area contributed by atoms with Gasteiger partial charge in [0.05, 0.1) is 7.11 Å². The molecule has 2 aromatic carbocycles. The molecule has 0 aromatic heterocycles. The van der Waals surface area contributed by atoms with Crippen molar-refractivity contribution in [2.45, 2.75) is 13.3 Å². The highest BCUT2D eigenvalue weighted by Crippen LogP contribution is 2.18. The second-order valence-electron chi connectivity index (χ2n) is 5.44. The number of benzene rings is 2. The number of hydrogen-bond acceptors (Lipinski definition) is 4. The second kappa shape index (κ2) is 9.22. The van der Waals surface area contributed by atoms with Crippen molar-refractivity contribution in [1.82, 2.24) is 5.32 Å². The zero-order chi connectivity index (χ0) is 18.2. The van der Waals surface area contributed by atoms with Gasteiger partial charge in [-0.25, -0.2) is 0 Å². The van der Waals surface area contributed by atoms with E-state index < -0.39 is 0 Å². The van der Waals surface area contributed by atoms with Gasteiger partial charge in [0.1, 0.15) is 12.9 Å². The van der Waals surface area contributed by atoms with Crippen molar-refractivity contribution in [1.29, 1.82) is 0 Å². The molecule has 5 nitrogen and oxygen atoms in total. The Bertz CT molecular complexity index is 758. The molecule has 0 saturated carbocycles. The van der Waals surface area contributed by atoms with Crippen molar-refractivity contribution >= 4 is 27.5 Å². The molecule has 0 aliphatic heterocycles. The minimum Gasteiger partial charge on any atom is -0.496 e. The number of carbonyl (C=O) groups excluding carboxylic acids is 1. The Morgan fingerprint density at radius 1 is 1.16 bits per heavy atom. The van der Waals surface area contributed by atoms with Crippen LogP contribution < -0.4 is 10.1 Å². The zero-order valence-corrected chi connectivity index (χ0v) is 16.1. The molecule has 0 aliphatic carbocycles. The van der Waals surface area contributed by atoms with Crippen molar-refractivity contribution in [3.8, 4) is 5.75 Å². The predicted molar refractivity (Wildman–Crippen MR) is 102 cm³/mol. The maximum absolute atomic E-state index is 12.4. The summed E-state index contributed by atoms with van der Waals surface area (Å²) in [7, 11) is 3.08. The molecule has 2 rings (SSSR count). The molecule has 0 heterocycles. The number of amides is 1. The average molecular weight is 405 g/mol. The number of ether oxygens (including phenoxy) is 1. The number of oxime groups is 1. The maximum Gasteiger partial charge on any atom is 0.273 e. The van der Waals surface area contributed by atoms with Crippen molar-refractivity contribution in [2.75, 3.05) is 20.8 Å². The monoisotopic (exact) mass is 404 g/mol. The molecular weight excluding hydrogens is 384 g/mol. The quantitative estimate of drug-likeness (QED) is 0.567. The highest BCUT2D eigenvalue weighted by atomic mass is 79.9. The molecule has 2 aromatic rings. The highest BCUT2D eigenvalue weighted by molar-refractivity contribution is 9.10. The van der Waals surface area contributed by atoms with Crippen LogP contribution in [0.3, 0.4) is 0 Å². The van der Waals surface area contributed by atoms with Crippen LogP contribution in [-0.4, -0.2) is 32.4 Å². The third kappa shape index (κ3) is 5.32. The highest BCUT2D eigenvalue weighted by Gasteiger charge is 2.14. The number of aryl methyl sites for hydroxylation is 1. The van der Waals surface area contributed by atoms with Crippen molar-refractivity contribution in [3.63, 3.8) is 0 Å². The van der Waals surface area contributed by atoms with E-state index in [1.54, 1.807) is 7.11 Å². The van der Waals surface area contributed by atoms with Gasteiger partial charge in [0.25, 0.3) is 5.91 Å². The van der Waals surface area contributed by atoms with Crippen LogP contribution in [0.15, 0.2) is 52.1 Å². The maximum atomic E-state index is 12.4. The van der Waals surface area contributed by atoms with Crippen LogP contribution in [0.2, 0.25) is 0 Å². The van der Waals surface area contributed by atoms with E-state index in [4.69, 9.17) is 9.57 Å². The SMILES string of the molecule is CO/N=C(\C(=O)NCCc1ccc(OC)c(C)c1)c1ccc(Br)cc1. The zero-order valence-electron chi connectivity index (χ0n) is 14.5. The van der Waals surface area contributed by atoms with E-state index in [-0.39, 0.29) is 11.6 Å². The fourth-order valence-corrected chi connectivity index (χ4v) is 2.69. The lowest BCUT2D eigenvalue weighted by Gasteiger charge is -2.10. The number of nitrogens with zero attached hydrogens (tertiary/aromatic N) is 1. The number of rotatable bonds is 7. The lowest BCUT2D eigenvalue weighted by Crippen LogP contribution is -2.33. The summed E-state index contributed by atoms with van der Waals surface area (Å²) in [5.41, 5.74) is 3.15. The van der Waals surface area contributed by atoms with Gasteiger partial charge in [0.2, 0.25) is 0 Å². The van der Waals surface area contributed by atoms with E-state index in [0.29, 0.717) is 12.1 Å².